The molecule has 1 aromatic heterocycles. The number of methoxy groups -OCH3 is 3. The molecule has 140 valence electrons. The van der Waals surface area contributed by atoms with Crippen LogP contribution in [0.5, 0.6) is 28.7 Å². The minimum atomic E-state index is 0.513. The second-order valence-corrected chi connectivity index (χ2v) is 5.85. The molecule has 3 aromatic rings. The summed E-state index contributed by atoms with van der Waals surface area (Å²) in [5.74, 6) is 4.08. The summed E-state index contributed by atoms with van der Waals surface area (Å²) in [6.07, 6.45) is 3.60. The minimum absolute atomic E-state index is 0.513. The largest absolute Gasteiger partial charge is 0.497 e. The fraction of sp³-hybridized carbons (Fsp3) is 0.250. The third-order valence-corrected chi connectivity index (χ3v) is 4.39. The van der Waals surface area contributed by atoms with Crippen LogP contribution >= 0.6 is 0 Å². The van der Waals surface area contributed by atoms with Gasteiger partial charge in [-0.05, 0) is 18.2 Å². The molecule has 0 aliphatic carbocycles. The van der Waals surface area contributed by atoms with Crippen molar-refractivity contribution in [3.8, 4) is 45.8 Å². The van der Waals surface area contributed by atoms with E-state index >= 15 is 0 Å². The van der Waals surface area contributed by atoms with Crippen molar-refractivity contribution in [2.24, 2.45) is 0 Å². The predicted molar refractivity (Wildman–Crippen MR) is 99.6 cm³/mol. The molecule has 0 N–H and O–H groups in total. The molecular formula is C20H20N2O5. The highest BCUT2D eigenvalue weighted by Crippen LogP contribution is 2.42. The van der Waals surface area contributed by atoms with E-state index in [2.05, 4.69) is 4.98 Å². The second-order valence-electron chi connectivity index (χ2n) is 5.85. The second kappa shape index (κ2) is 7.11. The first-order valence-electron chi connectivity index (χ1n) is 8.49. The smallest absolute Gasteiger partial charge is 0.165 e. The Morgan fingerprint density at radius 2 is 1.63 bits per heavy atom. The molecule has 1 aliphatic rings. The van der Waals surface area contributed by atoms with Crippen LogP contribution in [0, 0.1) is 0 Å². The van der Waals surface area contributed by atoms with Gasteiger partial charge in [-0.3, -0.25) is 4.57 Å². The Morgan fingerprint density at radius 3 is 2.33 bits per heavy atom. The van der Waals surface area contributed by atoms with Gasteiger partial charge in [0.05, 0.1) is 32.6 Å². The van der Waals surface area contributed by atoms with Crippen molar-refractivity contribution >= 4 is 0 Å². The van der Waals surface area contributed by atoms with E-state index in [9.17, 15) is 0 Å². The first-order valence-corrected chi connectivity index (χ1v) is 8.49. The lowest BCUT2D eigenvalue weighted by Gasteiger charge is -2.21. The molecule has 2 heterocycles. The van der Waals surface area contributed by atoms with Crippen molar-refractivity contribution in [1.82, 2.24) is 9.55 Å². The fourth-order valence-electron chi connectivity index (χ4n) is 3.09. The van der Waals surface area contributed by atoms with E-state index < -0.39 is 0 Å². The number of ether oxygens (including phenoxy) is 5. The van der Waals surface area contributed by atoms with E-state index in [1.807, 2.05) is 41.1 Å². The number of benzene rings is 2. The number of hydrogen-bond acceptors (Lipinski definition) is 6. The molecule has 2 aromatic carbocycles. The molecule has 7 heteroatoms. The minimum Gasteiger partial charge on any atom is -0.497 e. The van der Waals surface area contributed by atoms with Gasteiger partial charge in [-0.1, -0.05) is 0 Å². The first-order chi connectivity index (χ1) is 13.2. The molecule has 7 nitrogen and oxygen atoms in total. The third kappa shape index (κ3) is 3.01. The van der Waals surface area contributed by atoms with E-state index in [-0.39, 0.29) is 0 Å². The topological polar surface area (TPSA) is 64.0 Å². The van der Waals surface area contributed by atoms with Gasteiger partial charge < -0.3 is 23.7 Å². The summed E-state index contributed by atoms with van der Waals surface area (Å²) in [5.41, 5.74) is 1.63. The molecular weight excluding hydrogens is 348 g/mol. The van der Waals surface area contributed by atoms with Gasteiger partial charge in [0.1, 0.15) is 36.3 Å². The molecule has 4 rings (SSSR count). The molecule has 0 bridgehead atoms. The molecule has 1 aliphatic heterocycles. The quantitative estimate of drug-likeness (QED) is 0.688. The molecule has 0 saturated carbocycles. The lowest BCUT2D eigenvalue weighted by molar-refractivity contribution is 0.171. The van der Waals surface area contributed by atoms with Crippen molar-refractivity contribution < 1.29 is 23.7 Å². The van der Waals surface area contributed by atoms with E-state index in [4.69, 9.17) is 23.7 Å². The summed E-state index contributed by atoms with van der Waals surface area (Å²) in [6.45, 7) is 1.03. The average molecular weight is 368 g/mol. The molecule has 0 radical (unpaired) electrons. The molecule has 0 spiro atoms. The van der Waals surface area contributed by atoms with Crippen LogP contribution in [0.1, 0.15) is 0 Å². The van der Waals surface area contributed by atoms with Crippen molar-refractivity contribution in [3.63, 3.8) is 0 Å². The summed E-state index contributed by atoms with van der Waals surface area (Å²) in [7, 11) is 4.87. The lowest BCUT2D eigenvalue weighted by atomic mass is 10.1. The summed E-state index contributed by atoms with van der Waals surface area (Å²) < 4.78 is 29.7. The van der Waals surface area contributed by atoms with Gasteiger partial charge in [0.2, 0.25) is 0 Å². The third-order valence-electron chi connectivity index (χ3n) is 4.39. The van der Waals surface area contributed by atoms with Crippen molar-refractivity contribution in [2.45, 2.75) is 0 Å². The average Bonchev–Trinajstić information content (AvgIpc) is 3.21. The summed E-state index contributed by atoms with van der Waals surface area (Å²) >= 11 is 0. The zero-order valence-corrected chi connectivity index (χ0v) is 15.4. The van der Waals surface area contributed by atoms with Crippen LogP contribution in [0.25, 0.3) is 17.1 Å². The lowest BCUT2D eigenvalue weighted by Crippen LogP contribution is -2.15. The first kappa shape index (κ1) is 17.1. The van der Waals surface area contributed by atoms with E-state index in [1.165, 1.54) is 0 Å². The Bertz CT molecular complexity index is 967. The van der Waals surface area contributed by atoms with E-state index in [0.29, 0.717) is 47.8 Å². The highest BCUT2D eigenvalue weighted by molar-refractivity contribution is 5.72. The Hall–Kier alpha value is -3.35. The maximum absolute atomic E-state index is 5.72. The Kier molecular flexibility index (Phi) is 4.50. The van der Waals surface area contributed by atoms with Gasteiger partial charge in [-0.25, -0.2) is 4.98 Å². The van der Waals surface area contributed by atoms with Crippen LogP contribution in [-0.2, 0) is 0 Å². The molecule has 0 atom stereocenters. The summed E-state index contributed by atoms with van der Waals surface area (Å²) in [5, 5.41) is 0. The van der Waals surface area contributed by atoms with Gasteiger partial charge in [-0.15, -0.1) is 0 Å². The number of hydrogen-bond donors (Lipinski definition) is 0. The highest BCUT2D eigenvalue weighted by Gasteiger charge is 2.21. The SMILES string of the molecule is COc1ccc(-n2ccnc2-c2cc3c(cc2OC)OCCO3)c(OC)c1. The Morgan fingerprint density at radius 1 is 0.889 bits per heavy atom. The number of rotatable bonds is 5. The van der Waals surface area contributed by atoms with Crippen molar-refractivity contribution in [1.29, 1.82) is 0 Å². The molecule has 0 unspecified atom stereocenters. The maximum atomic E-state index is 5.72. The Balaban J connectivity index is 1.86. The van der Waals surface area contributed by atoms with Gasteiger partial charge >= 0.3 is 0 Å². The normalized spacial score (nSPS) is 12.6. The van der Waals surface area contributed by atoms with Crippen LogP contribution in [0.3, 0.4) is 0 Å². The van der Waals surface area contributed by atoms with Gasteiger partial charge in [0, 0.05) is 24.5 Å². The molecule has 0 amide bonds. The maximum Gasteiger partial charge on any atom is 0.165 e. The van der Waals surface area contributed by atoms with Crippen LogP contribution < -0.4 is 23.7 Å². The molecule has 0 saturated heterocycles. The highest BCUT2D eigenvalue weighted by atomic mass is 16.6. The number of aromatic nitrogens is 2. The number of nitrogens with zero attached hydrogens (tertiary/aromatic N) is 2. The number of fused-ring (bicyclic) bond motifs is 1. The molecule has 0 fully saturated rings. The van der Waals surface area contributed by atoms with Crippen LogP contribution in [0.15, 0.2) is 42.7 Å². The number of imidazole rings is 1. The summed E-state index contributed by atoms with van der Waals surface area (Å²) in [6, 6.07) is 9.35. The van der Waals surface area contributed by atoms with Crippen LogP contribution in [-0.4, -0.2) is 44.1 Å². The fourth-order valence-corrected chi connectivity index (χ4v) is 3.09. The van der Waals surface area contributed by atoms with E-state index in [0.717, 1.165) is 11.3 Å². The Labute approximate surface area is 157 Å². The monoisotopic (exact) mass is 368 g/mol. The standard InChI is InChI=1S/C20H20N2O5/c1-23-13-4-5-15(17(10-13)25-3)22-7-6-21-20(22)14-11-18-19(12-16(14)24-2)27-9-8-26-18/h4-7,10-12H,8-9H2,1-3H3. The van der Waals surface area contributed by atoms with Crippen molar-refractivity contribution in [3.05, 3.63) is 42.7 Å². The zero-order valence-electron chi connectivity index (χ0n) is 15.4. The van der Waals surface area contributed by atoms with E-state index in [1.54, 1.807) is 27.5 Å². The van der Waals surface area contributed by atoms with Gasteiger partial charge in [-0.2, -0.15) is 0 Å². The molecule has 27 heavy (non-hydrogen) atoms. The van der Waals surface area contributed by atoms with Gasteiger partial charge in [0.15, 0.2) is 11.5 Å². The van der Waals surface area contributed by atoms with Crippen LogP contribution in [0.2, 0.25) is 0 Å². The van der Waals surface area contributed by atoms with Crippen LogP contribution in [0.4, 0.5) is 0 Å². The van der Waals surface area contributed by atoms with Crippen molar-refractivity contribution in [2.75, 3.05) is 34.5 Å². The summed E-state index contributed by atoms with van der Waals surface area (Å²) in [4.78, 5) is 4.54. The zero-order chi connectivity index (χ0) is 18.8. The van der Waals surface area contributed by atoms with Gasteiger partial charge in [0.25, 0.3) is 0 Å². The predicted octanol–water partition coefficient (Wildman–Crippen LogP) is 3.34.